The van der Waals surface area contributed by atoms with Gasteiger partial charge in [0, 0.05) is 0 Å². The molecule has 0 spiro atoms. The average molecular weight is 257 g/mol. The van der Waals surface area contributed by atoms with Crippen molar-refractivity contribution < 1.29 is 9.13 Å². The minimum atomic E-state index is -2.66. The molecule has 2 rings (SSSR count). The van der Waals surface area contributed by atoms with Gasteiger partial charge in [0.15, 0.2) is 0 Å². The summed E-state index contributed by atoms with van der Waals surface area (Å²) >= 11 is 0. The van der Waals surface area contributed by atoms with Crippen molar-refractivity contribution >= 4 is 30.8 Å². The summed E-state index contributed by atoms with van der Waals surface area (Å²) in [5.41, 5.74) is 7.85. The van der Waals surface area contributed by atoms with Crippen LogP contribution in [0.25, 0.3) is 12.2 Å². The van der Waals surface area contributed by atoms with Gasteiger partial charge >= 0.3 is 7.68 Å². The number of anilines is 1. The summed E-state index contributed by atoms with van der Waals surface area (Å²) in [7, 11) is -2.66. The van der Waals surface area contributed by atoms with Crippen molar-refractivity contribution in [3.63, 3.8) is 0 Å². The Morgan fingerprint density at radius 1 is 0.889 bits per heavy atom. The molecule has 2 aromatic rings. The quantitative estimate of drug-likeness (QED) is 0.521. The summed E-state index contributed by atoms with van der Waals surface area (Å²) in [5.74, 6) is 0. The zero-order valence-corrected chi connectivity index (χ0v) is 10.5. The Morgan fingerprint density at radius 2 is 1.61 bits per heavy atom. The van der Waals surface area contributed by atoms with Crippen molar-refractivity contribution in [1.82, 2.24) is 0 Å². The van der Waals surface area contributed by atoms with Gasteiger partial charge in [-0.25, -0.2) is 9.13 Å². The van der Waals surface area contributed by atoms with Gasteiger partial charge in [0.25, 0.3) is 0 Å². The van der Waals surface area contributed by atoms with Gasteiger partial charge in [0.2, 0.25) is 0 Å². The number of rotatable bonds is 3. The van der Waals surface area contributed by atoms with Crippen molar-refractivity contribution in [2.24, 2.45) is 0 Å². The first-order valence-corrected chi connectivity index (χ1v) is 6.62. The Balaban J connectivity index is 2.36. The van der Waals surface area contributed by atoms with E-state index in [0.29, 0.717) is 11.3 Å². The third-order valence-corrected chi connectivity index (χ3v) is 3.35. The van der Waals surface area contributed by atoms with E-state index in [1.54, 1.807) is 12.1 Å². The van der Waals surface area contributed by atoms with Gasteiger partial charge < -0.3 is 5.73 Å². The molecule has 0 aliphatic heterocycles. The highest BCUT2D eigenvalue weighted by atomic mass is 31.1. The van der Waals surface area contributed by atoms with Crippen LogP contribution >= 0.6 is 7.68 Å². The molecule has 0 amide bonds. The van der Waals surface area contributed by atoms with E-state index in [2.05, 4.69) is 0 Å². The molecule has 3 nitrogen and oxygen atoms in total. The van der Waals surface area contributed by atoms with Crippen LogP contribution in [0.15, 0.2) is 48.5 Å². The lowest BCUT2D eigenvalue weighted by Gasteiger charge is -2.01. The van der Waals surface area contributed by atoms with Crippen molar-refractivity contribution in [2.75, 3.05) is 5.73 Å². The Kier molecular flexibility index (Phi) is 3.75. The number of para-hydroxylation sites is 1. The molecule has 0 saturated carbocycles. The van der Waals surface area contributed by atoms with E-state index in [1.807, 2.05) is 42.5 Å². The molecule has 0 bridgehead atoms. The standard InChI is InChI=1S/C14H12NO2P/c15-14-12(7-4-8-13(14)18(16)17)10-9-11-5-2-1-3-6-11/h1-10H,15H2. The van der Waals surface area contributed by atoms with Crippen molar-refractivity contribution in [2.45, 2.75) is 0 Å². The molecule has 0 fully saturated rings. The Bertz CT molecular complexity index is 638. The normalized spacial score (nSPS) is 10.7. The molecule has 0 aliphatic carbocycles. The van der Waals surface area contributed by atoms with Crippen molar-refractivity contribution in [3.8, 4) is 0 Å². The lowest BCUT2D eigenvalue weighted by molar-refractivity contribution is 0.523. The maximum absolute atomic E-state index is 11.0. The van der Waals surface area contributed by atoms with Crippen LogP contribution in [0.1, 0.15) is 11.1 Å². The molecule has 0 unspecified atom stereocenters. The van der Waals surface area contributed by atoms with Gasteiger partial charge in [-0.2, -0.15) is 0 Å². The topological polar surface area (TPSA) is 60.2 Å². The van der Waals surface area contributed by atoms with E-state index >= 15 is 0 Å². The van der Waals surface area contributed by atoms with Crippen LogP contribution in [0, 0.1) is 0 Å². The third kappa shape index (κ3) is 2.76. The van der Waals surface area contributed by atoms with E-state index in [9.17, 15) is 9.13 Å². The van der Waals surface area contributed by atoms with E-state index in [1.165, 1.54) is 6.07 Å². The maximum atomic E-state index is 11.0. The first-order valence-electron chi connectivity index (χ1n) is 5.44. The predicted molar refractivity (Wildman–Crippen MR) is 74.2 cm³/mol. The fourth-order valence-electron chi connectivity index (χ4n) is 1.63. The van der Waals surface area contributed by atoms with Crippen molar-refractivity contribution in [1.29, 1.82) is 0 Å². The second kappa shape index (κ2) is 5.48. The van der Waals surface area contributed by atoms with Crippen LogP contribution in [0.5, 0.6) is 0 Å². The zero-order valence-electron chi connectivity index (χ0n) is 9.61. The van der Waals surface area contributed by atoms with Gasteiger partial charge in [-0.15, -0.1) is 0 Å². The smallest absolute Gasteiger partial charge is 0.350 e. The van der Waals surface area contributed by atoms with Crippen LogP contribution in [0.4, 0.5) is 5.69 Å². The summed E-state index contributed by atoms with van der Waals surface area (Å²) in [6, 6.07) is 14.7. The highest BCUT2D eigenvalue weighted by Crippen LogP contribution is 2.18. The summed E-state index contributed by atoms with van der Waals surface area (Å²) in [6.07, 6.45) is 3.71. The van der Waals surface area contributed by atoms with E-state index in [0.717, 1.165) is 5.56 Å². The minimum Gasteiger partial charge on any atom is -0.397 e. The molecule has 90 valence electrons. The summed E-state index contributed by atoms with van der Waals surface area (Å²) in [6.45, 7) is 0. The van der Waals surface area contributed by atoms with Crippen LogP contribution in [0.2, 0.25) is 0 Å². The number of nitrogens with two attached hydrogens (primary N) is 1. The first-order chi connectivity index (χ1) is 8.68. The van der Waals surface area contributed by atoms with E-state index in [4.69, 9.17) is 5.73 Å². The first kappa shape index (κ1) is 12.3. The number of hydrogen-bond acceptors (Lipinski definition) is 3. The fourth-order valence-corrected chi connectivity index (χ4v) is 2.16. The molecule has 2 N–H and O–H groups in total. The molecule has 18 heavy (non-hydrogen) atoms. The molecule has 0 radical (unpaired) electrons. The molecule has 0 aliphatic rings. The van der Waals surface area contributed by atoms with Gasteiger partial charge in [0.1, 0.15) is 0 Å². The monoisotopic (exact) mass is 257 g/mol. The van der Waals surface area contributed by atoms with Crippen LogP contribution in [-0.2, 0) is 9.13 Å². The molecular weight excluding hydrogens is 245 g/mol. The zero-order chi connectivity index (χ0) is 13.0. The van der Waals surface area contributed by atoms with Crippen LogP contribution in [0.3, 0.4) is 0 Å². The molecular formula is C14H12NO2P. The molecule has 0 heterocycles. The Hall–Kier alpha value is -2.12. The SMILES string of the molecule is Nc1c(C=Cc2ccccc2)cccc1P(=O)=O. The molecule has 0 aromatic heterocycles. The molecule has 0 saturated heterocycles. The van der Waals surface area contributed by atoms with Gasteiger partial charge in [-0.05, 0) is 17.2 Å². The second-order valence-corrected chi connectivity index (χ2v) is 4.78. The Morgan fingerprint density at radius 3 is 2.28 bits per heavy atom. The van der Waals surface area contributed by atoms with E-state index in [-0.39, 0.29) is 5.30 Å². The van der Waals surface area contributed by atoms with Crippen LogP contribution < -0.4 is 11.0 Å². The largest absolute Gasteiger partial charge is 0.397 e. The van der Waals surface area contributed by atoms with Crippen LogP contribution in [-0.4, -0.2) is 0 Å². The number of nitrogen functional groups attached to an aromatic ring is 1. The third-order valence-electron chi connectivity index (χ3n) is 2.57. The summed E-state index contributed by atoms with van der Waals surface area (Å²) in [4.78, 5) is 0. The lowest BCUT2D eigenvalue weighted by Crippen LogP contribution is -2.04. The molecule has 0 atom stereocenters. The predicted octanol–water partition coefficient (Wildman–Crippen LogP) is 3.24. The van der Waals surface area contributed by atoms with Gasteiger partial charge in [-0.3, -0.25) is 0 Å². The molecule has 4 heteroatoms. The van der Waals surface area contributed by atoms with E-state index < -0.39 is 7.68 Å². The van der Waals surface area contributed by atoms with Gasteiger partial charge in [-0.1, -0.05) is 54.6 Å². The van der Waals surface area contributed by atoms with Gasteiger partial charge in [0.05, 0.1) is 11.0 Å². The number of benzene rings is 2. The lowest BCUT2D eigenvalue weighted by atomic mass is 10.1. The highest BCUT2D eigenvalue weighted by molar-refractivity contribution is 7.41. The maximum Gasteiger partial charge on any atom is 0.350 e. The molecule has 2 aromatic carbocycles. The second-order valence-electron chi connectivity index (χ2n) is 3.78. The highest BCUT2D eigenvalue weighted by Gasteiger charge is 2.06. The summed E-state index contributed by atoms with van der Waals surface area (Å²) in [5, 5.41) is 0.167. The number of hydrogen-bond donors (Lipinski definition) is 1. The summed E-state index contributed by atoms with van der Waals surface area (Å²) < 4.78 is 22.0. The van der Waals surface area contributed by atoms with Crippen molar-refractivity contribution in [3.05, 3.63) is 59.7 Å². The fraction of sp³-hybridized carbons (Fsp3) is 0. The average Bonchev–Trinajstić information content (AvgIpc) is 2.38. The minimum absolute atomic E-state index is 0.167. The Labute approximate surface area is 106 Å².